The number of pyridine rings is 1. The predicted molar refractivity (Wildman–Crippen MR) is 101 cm³/mol. The summed E-state index contributed by atoms with van der Waals surface area (Å²) in [5.74, 6) is 1.27. The summed E-state index contributed by atoms with van der Waals surface area (Å²) >= 11 is 0. The van der Waals surface area contributed by atoms with Crippen molar-refractivity contribution in [1.82, 2.24) is 29.8 Å². The molecule has 2 atom stereocenters. The molecule has 0 aliphatic carbocycles. The molecule has 9 heteroatoms. The van der Waals surface area contributed by atoms with Crippen LogP contribution in [0.4, 0.5) is 4.39 Å². The van der Waals surface area contributed by atoms with Crippen LogP contribution in [0.5, 0.6) is 0 Å². The average Bonchev–Trinajstić information content (AvgIpc) is 3.40. The summed E-state index contributed by atoms with van der Waals surface area (Å²) in [6.45, 7) is 1.74. The van der Waals surface area contributed by atoms with E-state index < -0.39 is 6.17 Å². The number of aliphatic hydroxyl groups excluding tert-OH is 1. The summed E-state index contributed by atoms with van der Waals surface area (Å²) in [4.78, 5) is 21.4. The molecular formula is C19H21FN6O2. The van der Waals surface area contributed by atoms with Crippen molar-refractivity contribution in [1.29, 1.82) is 0 Å². The Labute approximate surface area is 159 Å². The van der Waals surface area contributed by atoms with Crippen LogP contribution in [0.2, 0.25) is 0 Å². The van der Waals surface area contributed by atoms with Crippen LogP contribution >= 0.6 is 0 Å². The van der Waals surface area contributed by atoms with Crippen molar-refractivity contribution in [2.45, 2.75) is 31.5 Å². The molecule has 5 rings (SSSR count). The number of oxazole rings is 1. The molecule has 4 aromatic heterocycles. The lowest BCUT2D eigenvalue weighted by atomic mass is 9.91. The lowest BCUT2D eigenvalue weighted by molar-refractivity contribution is 0.105. The predicted octanol–water partition coefficient (Wildman–Crippen LogP) is 2.29. The summed E-state index contributed by atoms with van der Waals surface area (Å²) < 4.78 is 20.2. The number of H-pyrrole nitrogens is 2. The van der Waals surface area contributed by atoms with Gasteiger partial charge in [0.05, 0.1) is 31.1 Å². The highest BCUT2D eigenvalue weighted by Gasteiger charge is 2.32. The number of aliphatic hydroxyl groups is 1. The number of aromatic amines is 2. The topological polar surface area (TPSA) is 107 Å². The number of halogens is 1. The molecule has 146 valence electrons. The fourth-order valence-corrected chi connectivity index (χ4v) is 4.04. The van der Waals surface area contributed by atoms with E-state index in [4.69, 9.17) is 9.52 Å². The molecule has 3 N–H and O–H groups in total. The van der Waals surface area contributed by atoms with E-state index in [2.05, 4.69) is 29.8 Å². The van der Waals surface area contributed by atoms with Crippen LogP contribution < -0.4 is 0 Å². The number of fused-ring (bicyclic) bond motifs is 3. The number of hydrogen-bond acceptors (Lipinski definition) is 6. The minimum atomic E-state index is -0.982. The minimum Gasteiger partial charge on any atom is -0.447 e. The lowest BCUT2D eigenvalue weighted by Gasteiger charge is -2.33. The highest BCUT2D eigenvalue weighted by atomic mass is 19.1. The molecular weight excluding hydrogens is 363 g/mol. The van der Waals surface area contributed by atoms with E-state index in [9.17, 15) is 4.39 Å². The standard InChI is InChI=1S/C19H21FN6O2/c20-14-9-26(8-11-6-21-10-28-11)3-1-12(14)15-5-13-18-16(7-22-19(13)24-15)23-17(25-18)2-4-27/h5-7,10,12,14,27H,1-4,8-9H2,(H,22,24)(H,23,25). The first-order chi connectivity index (χ1) is 13.7. The SMILES string of the molecule is OCCc1nc2c(cnc3[nH]c(C4CCN(Cc5cnco5)CC4F)cc32)[nH]1. The van der Waals surface area contributed by atoms with Gasteiger partial charge in [0.1, 0.15) is 28.9 Å². The van der Waals surface area contributed by atoms with Gasteiger partial charge in [-0.1, -0.05) is 0 Å². The van der Waals surface area contributed by atoms with E-state index in [0.29, 0.717) is 31.6 Å². The molecule has 5 heterocycles. The molecule has 2 unspecified atom stereocenters. The Balaban J connectivity index is 1.39. The Morgan fingerprint density at radius 2 is 2.25 bits per heavy atom. The minimum absolute atomic E-state index is 0.0327. The molecule has 0 spiro atoms. The third kappa shape index (κ3) is 3.06. The van der Waals surface area contributed by atoms with E-state index in [1.54, 1.807) is 12.4 Å². The number of nitrogens with zero attached hydrogens (tertiary/aromatic N) is 4. The van der Waals surface area contributed by atoms with Crippen molar-refractivity contribution in [3.8, 4) is 0 Å². The molecule has 0 aromatic carbocycles. The second-order valence-corrected chi connectivity index (χ2v) is 7.28. The van der Waals surface area contributed by atoms with E-state index in [-0.39, 0.29) is 12.5 Å². The smallest absolute Gasteiger partial charge is 0.180 e. The van der Waals surface area contributed by atoms with Crippen molar-refractivity contribution in [2.75, 3.05) is 19.7 Å². The number of rotatable bonds is 5. The molecule has 8 nitrogen and oxygen atoms in total. The molecule has 0 radical (unpaired) electrons. The van der Waals surface area contributed by atoms with Crippen LogP contribution in [0.15, 0.2) is 29.3 Å². The fraction of sp³-hybridized carbons (Fsp3) is 0.421. The molecule has 1 saturated heterocycles. The quantitative estimate of drug-likeness (QED) is 0.487. The second kappa shape index (κ2) is 6.99. The number of nitrogens with one attached hydrogen (secondary N) is 2. The first-order valence-corrected chi connectivity index (χ1v) is 9.42. The van der Waals surface area contributed by atoms with Crippen molar-refractivity contribution < 1.29 is 13.9 Å². The van der Waals surface area contributed by atoms with E-state index in [1.165, 1.54) is 6.39 Å². The highest BCUT2D eigenvalue weighted by molar-refractivity contribution is 6.01. The highest BCUT2D eigenvalue weighted by Crippen LogP contribution is 2.33. The van der Waals surface area contributed by atoms with Gasteiger partial charge >= 0.3 is 0 Å². The third-order valence-electron chi connectivity index (χ3n) is 5.41. The van der Waals surface area contributed by atoms with Gasteiger partial charge in [-0.2, -0.15) is 0 Å². The molecule has 1 aliphatic rings. The monoisotopic (exact) mass is 384 g/mol. The van der Waals surface area contributed by atoms with Crippen LogP contribution in [0.25, 0.3) is 22.1 Å². The van der Waals surface area contributed by atoms with E-state index in [1.807, 2.05) is 6.07 Å². The van der Waals surface area contributed by atoms with Crippen LogP contribution in [0, 0.1) is 0 Å². The average molecular weight is 384 g/mol. The van der Waals surface area contributed by atoms with Gasteiger partial charge in [-0.15, -0.1) is 0 Å². The zero-order valence-electron chi connectivity index (χ0n) is 15.2. The van der Waals surface area contributed by atoms with Crippen LogP contribution in [-0.4, -0.2) is 60.8 Å². The van der Waals surface area contributed by atoms with Gasteiger partial charge in [-0.3, -0.25) is 4.90 Å². The van der Waals surface area contributed by atoms with Crippen LogP contribution in [-0.2, 0) is 13.0 Å². The maximum absolute atomic E-state index is 15.0. The van der Waals surface area contributed by atoms with Gasteiger partial charge < -0.3 is 19.5 Å². The van der Waals surface area contributed by atoms with Gasteiger partial charge in [0.25, 0.3) is 0 Å². The number of piperidine rings is 1. The molecule has 0 saturated carbocycles. The second-order valence-electron chi connectivity index (χ2n) is 7.28. The fourth-order valence-electron chi connectivity index (χ4n) is 4.04. The molecule has 1 aliphatic heterocycles. The zero-order valence-corrected chi connectivity index (χ0v) is 15.2. The van der Waals surface area contributed by atoms with Crippen LogP contribution in [0.3, 0.4) is 0 Å². The molecule has 1 fully saturated rings. The van der Waals surface area contributed by atoms with Gasteiger partial charge in [0.15, 0.2) is 6.39 Å². The van der Waals surface area contributed by atoms with Crippen molar-refractivity contribution in [2.24, 2.45) is 0 Å². The van der Waals surface area contributed by atoms with Crippen molar-refractivity contribution >= 4 is 22.1 Å². The first-order valence-electron chi connectivity index (χ1n) is 9.42. The lowest BCUT2D eigenvalue weighted by Crippen LogP contribution is -2.40. The Morgan fingerprint density at radius 1 is 1.32 bits per heavy atom. The Morgan fingerprint density at radius 3 is 3.04 bits per heavy atom. The normalized spacial score (nSPS) is 21.1. The number of alkyl halides is 1. The van der Waals surface area contributed by atoms with Gasteiger partial charge in [-0.05, 0) is 19.0 Å². The van der Waals surface area contributed by atoms with Gasteiger partial charge in [0, 0.05) is 30.0 Å². The summed E-state index contributed by atoms with van der Waals surface area (Å²) in [5.41, 5.74) is 3.18. The maximum atomic E-state index is 15.0. The Kier molecular flexibility index (Phi) is 4.33. The molecule has 0 bridgehead atoms. The van der Waals surface area contributed by atoms with Gasteiger partial charge in [0.2, 0.25) is 0 Å². The van der Waals surface area contributed by atoms with Crippen LogP contribution in [0.1, 0.15) is 29.6 Å². The van der Waals surface area contributed by atoms with Gasteiger partial charge in [-0.25, -0.2) is 19.3 Å². The first kappa shape index (κ1) is 17.3. The summed E-state index contributed by atoms with van der Waals surface area (Å²) in [6.07, 6.45) is 4.98. The zero-order chi connectivity index (χ0) is 19.1. The largest absolute Gasteiger partial charge is 0.447 e. The summed E-state index contributed by atoms with van der Waals surface area (Å²) in [5, 5.41) is 10.0. The number of imidazole rings is 1. The number of hydrogen-bond donors (Lipinski definition) is 3. The van der Waals surface area contributed by atoms with E-state index in [0.717, 1.165) is 40.2 Å². The van der Waals surface area contributed by atoms with Crippen molar-refractivity contribution in [3.63, 3.8) is 0 Å². The van der Waals surface area contributed by atoms with E-state index >= 15 is 0 Å². The van der Waals surface area contributed by atoms with Crippen molar-refractivity contribution in [3.05, 3.63) is 42.1 Å². The third-order valence-corrected chi connectivity index (χ3v) is 5.41. The molecule has 0 amide bonds. The summed E-state index contributed by atoms with van der Waals surface area (Å²) in [6, 6.07) is 1.97. The molecule has 4 aromatic rings. The Hall–Kier alpha value is -2.78. The summed E-state index contributed by atoms with van der Waals surface area (Å²) in [7, 11) is 0. The number of aromatic nitrogens is 5. The maximum Gasteiger partial charge on any atom is 0.180 e. The Bertz CT molecular complexity index is 1090. The number of likely N-dealkylation sites (tertiary alicyclic amines) is 1. The molecule has 28 heavy (non-hydrogen) atoms.